The summed E-state index contributed by atoms with van der Waals surface area (Å²) in [5.41, 5.74) is 5.61. The van der Waals surface area contributed by atoms with E-state index in [4.69, 9.17) is 5.73 Å². The summed E-state index contributed by atoms with van der Waals surface area (Å²) in [7, 11) is -1.93. The molecule has 0 aromatic carbocycles. The van der Waals surface area contributed by atoms with Gasteiger partial charge in [0.2, 0.25) is 10.0 Å². The van der Waals surface area contributed by atoms with Gasteiger partial charge in [-0.15, -0.1) is 0 Å². The summed E-state index contributed by atoms with van der Waals surface area (Å²) >= 11 is 0. The molecule has 0 amide bonds. The average Bonchev–Trinajstić information content (AvgIpc) is 2.93. The molecule has 1 saturated heterocycles. The van der Waals surface area contributed by atoms with E-state index in [1.54, 1.807) is 7.05 Å². The smallest absolute Gasteiger partial charge is 0.245 e. The van der Waals surface area contributed by atoms with Crippen LogP contribution in [0.25, 0.3) is 0 Å². The van der Waals surface area contributed by atoms with E-state index in [0.29, 0.717) is 18.5 Å². The van der Waals surface area contributed by atoms with E-state index in [1.165, 1.54) is 10.9 Å². The minimum Gasteiger partial charge on any atom is -0.381 e. The minimum atomic E-state index is -3.57. The normalized spacial score (nSPS) is 20.9. The van der Waals surface area contributed by atoms with Gasteiger partial charge in [-0.1, -0.05) is 0 Å². The van der Waals surface area contributed by atoms with E-state index in [-0.39, 0.29) is 10.7 Å². The Morgan fingerprint density at radius 3 is 2.75 bits per heavy atom. The standard InChI is InChI=1S/C12H23N5O2S/c1-9(2)17-5-4-10(7-17)6-14-20(18,19)11-8-16(3)15-12(11)13/h8-10,14H,4-7H2,1-3H3,(H2,13,15). The first-order valence-electron chi connectivity index (χ1n) is 6.82. The topological polar surface area (TPSA) is 93.2 Å². The second-order valence-corrected chi connectivity index (χ2v) is 7.38. The third-order valence-electron chi connectivity index (χ3n) is 3.72. The number of likely N-dealkylation sites (tertiary alicyclic amines) is 1. The van der Waals surface area contributed by atoms with Crippen LogP contribution in [0.3, 0.4) is 0 Å². The molecule has 1 aliphatic rings. The van der Waals surface area contributed by atoms with Crippen molar-refractivity contribution in [2.75, 3.05) is 25.4 Å². The molecule has 0 aliphatic carbocycles. The number of aryl methyl sites for hydroxylation is 1. The zero-order valence-electron chi connectivity index (χ0n) is 12.2. The van der Waals surface area contributed by atoms with Gasteiger partial charge in [-0.25, -0.2) is 13.1 Å². The molecular weight excluding hydrogens is 278 g/mol. The van der Waals surface area contributed by atoms with Gasteiger partial charge in [-0.3, -0.25) is 4.68 Å². The number of nitrogens with one attached hydrogen (secondary N) is 1. The fourth-order valence-electron chi connectivity index (χ4n) is 2.49. The Morgan fingerprint density at radius 1 is 1.55 bits per heavy atom. The number of anilines is 1. The maximum absolute atomic E-state index is 12.2. The Kier molecular flexibility index (Phi) is 4.36. The third-order valence-corrected chi connectivity index (χ3v) is 5.16. The minimum absolute atomic E-state index is 0.0372. The molecule has 2 heterocycles. The van der Waals surface area contributed by atoms with E-state index in [9.17, 15) is 8.42 Å². The Bertz CT molecular complexity index is 566. The highest BCUT2D eigenvalue weighted by Gasteiger charge is 2.27. The van der Waals surface area contributed by atoms with Crippen molar-refractivity contribution < 1.29 is 8.42 Å². The number of sulfonamides is 1. The molecule has 0 bridgehead atoms. The summed E-state index contributed by atoms with van der Waals surface area (Å²) in [6.45, 7) is 6.72. The van der Waals surface area contributed by atoms with Crippen molar-refractivity contribution in [3.8, 4) is 0 Å². The van der Waals surface area contributed by atoms with Crippen molar-refractivity contribution >= 4 is 15.8 Å². The third kappa shape index (κ3) is 3.31. The first-order valence-corrected chi connectivity index (χ1v) is 8.30. The van der Waals surface area contributed by atoms with Crippen molar-refractivity contribution in [3.05, 3.63) is 6.20 Å². The molecule has 1 fully saturated rings. The lowest BCUT2D eigenvalue weighted by atomic mass is 10.1. The first-order chi connectivity index (χ1) is 9.29. The Hall–Kier alpha value is -1.12. The van der Waals surface area contributed by atoms with Gasteiger partial charge in [-0.2, -0.15) is 5.10 Å². The van der Waals surface area contributed by atoms with Gasteiger partial charge in [0.05, 0.1) is 0 Å². The Morgan fingerprint density at radius 2 is 2.25 bits per heavy atom. The van der Waals surface area contributed by atoms with E-state index >= 15 is 0 Å². The van der Waals surface area contributed by atoms with E-state index in [2.05, 4.69) is 28.6 Å². The van der Waals surface area contributed by atoms with Crippen LogP contribution in [0.4, 0.5) is 5.82 Å². The van der Waals surface area contributed by atoms with Gasteiger partial charge in [0, 0.05) is 32.4 Å². The molecule has 0 spiro atoms. The predicted molar refractivity (Wildman–Crippen MR) is 77.6 cm³/mol. The number of hydrogen-bond acceptors (Lipinski definition) is 5. The quantitative estimate of drug-likeness (QED) is 0.799. The van der Waals surface area contributed by atoms with Crippen molar-refractivity contribution in [2.45, 2.75) is 31.2 Å². The first kappa shape index (κ1) is 15.3. The van der Waals surface area contributed by atoms with E-state index in [0.717, 1.165) is 19.5 Å². The number of hydrogen-bond donors (Lipinski definition) is 2. The molecule has 1 unspecified atom stereocenters. The molecule has 1 aliphatic heterocycles. The summed E-state index contributed by atoms with van der Waals surface area (Å²) in [6, 6.07) is 0.505. The summed E-state index contributed by atoms with van der Waals surface area (Å²) < 4.78 is 28.4. The lowest BCUT2D eigenvalue weighted by Crippen LogP contribution is -2.33. The van der Waals surface area contributed by atoms with E-state index < -0.39 is 10.0 Å². The molecule has 1 aromatic rings. The molecular formula is C12H23N5O2S. The van der Waals surface area contributed by atoms with Crippen LogP contribution in [0, 0.1) is 5.92 Å². The van der Waals surface area contributed by atoms with Crippen LogP contribution in [-0.2, 0) is 17.1 Å². The maximum Gasteiger partial charge on any atom is 0.245 e. The highest BCUT2D eigenvalue weighted by Crippen LogP contribution is 2.19. The van der Waals surface area contributed by atoms with Gasteiger partial charge in [0.1, 0.15) is 4.90 Å². The van der Waals surface area contributed by atoms with Gasteiger partial charge in [-0.05, 0) is 32.7 Å². The van der Waals surface area contributed by atoms with Gasteiger partial charge in [0.25, 0.3) is 0 Å². The summed E-state index contributed by atoms with van der Waals surface area (Å²) in [4.78, 5) is 2.41. The Labute approximate surface area is 120 Å². The van der Waals surface area contributed by atoms with Crippen molar-refractivity contribution in [3.63, 3.8) is 0 Å². The summed E-state index contributed by atoms with van der Waals surface area (Å²) in [5.74, 6) is 0.389. The molecule has 1 atom stereocenters. The molecule has 0 radical (unpaired) electrons. The summed E-state index contributed by atoms with van der Waals surface area (Å²) in [5, 5.41) is 3.86. The maximum atomic E-state index is 12.2. The molecule has 0 saturated carbocycles. The van der Waals surface area contributed by atoms with Crippen molar-refractivity contribution in [2.24, 2.45) is 13.0 Å². The van der Waals surface area contributed by atoms with Crippen molar-refractivity contribution in [1.82, 2.24) is 19.4 Å². The zero-order chi connectivity index (χ0) is 14.9. The van der Waals surface area contributed by atoms with Crippen LogP contribution in [0.15, 0.2) is 11.1 Å². The molecule has 2 rings (SSSR count). The lowest BCUT2D eigenvalue weighted by molar-refractivity contribution is 0.265. The molecule has 7 nitrogen and oxygen atoms in total. The molecule has 114 valence electrons. The number of nitrogen functional groups attached to an aromatic ring is 1. The second kappa shape index (κ2) is 5.71. The largest absolute Gasteiger partial charge is 0.381 e. The van der Waals surface area contributed by atoms with Crippen LogP contribution in [0.5, 0.6) is 0 Å². The van der Waals surface area contributed by atoms with Crippen molar-refractivity contribution in [1.29, 1.82) is 0 Å². The monoisotopic (exact) mass is 301 g/mol. The fraction of sp³-hybridized carbons (Fsp3) is 0.750. The number of rotatable bonds is 5. The second-order valence-electron chi connectivity index (χ2n) is 5.65. The molecule has 20 heavy (non-hydrogen) atoms. The number of aromatic nitrogens is 2. The zero-order valence-corrected chi connectivity index (χ0v) is 13.0. The highest BCUT2D eigenvalue weighted by molar-refractivity contribution is 7.89. The van der Waals surface area contributed by atoms with Gasteiger partial charge in [0.15, 0.2) is 5.82 Å². The van der Waals surface area contributed by atoms with Crippen LogP contribution in [-0.4, -0.2) is 48.8 Å². The molecule has 3 N–H and O–H groups in total. The van der Waals surface area contributed by atoms with Crippen LogP contribution in [0.1, 0.15) is 20.3 Å². The van der Waals surface area contributed by atoms with Gasteiger partial charge >= 0.3 is 0 Å². The predicted octanol–water partition coefficient (Wildman–Crippen LogP) is 0.0109. The lowest BCUT2D eigenvalue weighted by Gasteiger charge is -2.20. The van der Waals surface area contributed by atoms with Crippen LogP contribution in [0.2, 0.25) is 0 Å². The van der Waals surface area contributed by atoms with Gasteiger partial charge < -0.3 is 10.6 Å². The number of nitrogens with two attached hydrogens (primary N) is 1. The highest BCUT2D eigenvalue weighted by atomic mass is 32.2. The number of nitrogens with zero attached hydrogens (tertiary/aromatic N) is 3. The van der Waals surface area contributed by atoms with Crippen LogP contribution < -0.4 is 10.5 Å². The fourth-order valence-corrected chi connectivity index (χ4v) is 3.71. The molecule has 1 aromatic heterocycles. The molecule has 8 heteroatoms. The van der Waals surface area contributed by atoms with Crippen LogP contribution >= 0.6 is 0 Å². The average molecular weight is 301 g/mol. The summed E-state index contributed by atoms with van der Waals surface area (Å²) in [6.07, 6.45) is 2.44. The van der Waals surface area contributed by atoms with E-state index in [1.807, 2.05) is 0 Å². The Balaban J connectivity index is 1.95. The SMILES string of the molecule is CC(C)N1CCC(CNS(=O)(=O)c2cn(C)nc2N)C1.